The summed E-state index contributed by atoms with van der Waals surface area (Å²) in [6.07, 6.45) is 9.42. The molecule has 0 spiro atoms. The Hall–Kier alpha value is -3.14. The predicted molar refractivity (Wildman–Crippen MR) is 107 cm³/mol. The minimum absolute atomic E-state index is 0.104. The molecule has 0 aliphatic heterocycles. The molecule has 0 amide bonds. The summed E-state index contributed by atoms with van der Waals surface area (Å²) in [6, 6.07) is 14.3. The molecule has 0 heterocycles. The van der Waals surface area contributed by atoms with E-state index in [1.807, 2.05) is 24.3 Å². The maximum absolute atomic E-state index is 12.7. The molecule has 2 bridgehead atoms. The fraction of sp³-hybridized carbons (Fsp3) is 0.250. The fourth-order valence-corrected chi connectivity index (χ4v) is 3.97. The first-order valence-electron chi connectivity index (χ1n) is 9.49. The molecule has 3 atom stereocenters. The standard InChI is InChI=1S/C24H22O4/c1-27-19-11-7-16(8-12-19)9-13-22(25)20-4-2-3-5-23(20)28-24(26)21-15-17-6-10-18(21)14-17/h2-13,17-18,21H,14-15H2,1H3/b13-9+. The van der Waals surface area contributed by atoms with Crippen molar-refractivity contribution >= 4 is 17.8 Å². The number of hydrogen-bond donors (Lipinski definition) is 0. The molecule has 2 aliphatic rings. The number of esters is 1. The Labute approximate surface area is 164 Å². The Bertz CT molecular complexity index is 939. The zero-order valence-corrected chi connectivity index (χ0v) is 15.7. The van der Waals surface area contributed by atoms with E-state index in [-0.39, 0.29) is 23.6 Å². The number of ketones is 1. The molecule has 1 fully saturated rings. The van der Waals surface area contributed by atoms with Gasteiger partial charge in [-0.05, 0) is 60.6 Å². The van der Waals surface area contributed by atoms with E-state index in [1.54, 1.807) is 37.5 Å². The summed E-state index contributed by atoms with van der Waals surface area (Å²) >= 11 is 0. The van der Waals surface area contributed by atoms with Gasteiger partial charge in [-0.3, -0.25) is 9.59 Å². The minimum atomic E-state index is -0.240. The highest BCUT2D eigenvalue weighted by Crippen LogP contribution is 2.44. The van der Waals surface area contributed by atoms with Crippen LogP contribution in [0.1, 0.15) is 28.8 Å². The van der Waals surface area contributed by atoms with Crippen LogP contribution in [0.25, 0.3) is 6.08 Å². The van der Waals surface area contributed by atoms with Gasteiger partial charge in [0.1, 0.15) is 11.5 Å². The summed E-state index contributed by atoms with van der Waals surface area (Å²) in [6.45, 7) is 0. The van der Waals surface area contributed by atoms with Crippen molar-refractivity contribution in [1.82, 2.24) is 0 Å². The molecule has 3 unspecified atom stereocenters. The number of rotatable bonds is 6. The van der Waals surface area contributed by atoms with Crippen molar-refractivity contribution in [2.24, 2.45) is 17.8 Å². The molecule has 4 heteroatoms. The maximum atomic E-state index is 12.7. The molecule has 4 rings (SSSR count). The van der Waals surface area contributed by atoms with Crippen molar-refractivity contribution in [3.05, 3.63) is 77.9 Å². The Kier molecular flexibility index (Phi) is 5.11. The number of para-hydroxylation sites is 1. The number of methoxy groups -OCH3 is 1. The summed E-state index contributed by atoms with van der Waals surface area (Å²) in [4.78, 5) is 25.3. The second-order valence-corrected chi connectivity index (χ2v) is 7.27. The average Bonchev–Trinajstić information content (AvgIpc) is 3.36. The third-order valence-corrected chi connectivity index (χ3v) is 5.49. The third-order valence-electron chi connectivity index (χ3n) is 5.49. The molecule has 0 N–H and O–H groups in total. The van der Waals surface area contributed by atoms with Gasteiger partial charge in [0.05, 0.1) is 18.6 Å². The molecule has 0 radical (unpaired) electrons. The molecule has 4 nitrogen and oxygen atoms in total. The van der Waals surface area contributed by atoms with E-state index in [0.717, 1.165) is 24.2 Å². The second kappa shape index (κ2) is 7.85. The van der Waals surface area contributed by atoms with Crippen LogP contribution in [-0.4, -0.2) is 18.9 Å². The van der Waals surface area contributed by atoms with E-state index in [9.17, 15) is 9.59 Å². The third kappa shape index (κ3) is 3.77. The van der Waals surface area contributed by atoms with Gasteiger partial charge in [0.25, 0.3) is 0 Å². The van der Waals surface area contributed by atoms with Crippen molar-refractivity contribution in [3.63, 3.8) is 0 Å². The van der Waals surface area contributed by atoms with E-state index >= 15 is 0 Å². The number of fused-ring (bicyclic) bond motifs is 2. The van der Waals surface area contributed by atoms with Crippen LogP contribution < -0.4 is 9.47 Å². The first-order valence-corrected chi connectivity index (χ1v) is 9.49. The molecule has 2 aliphatic carbocycles. The Balaban J connectivity index is 1.47. The topological polar surface area (TPSA) is 52.6 Å². The SMILES string of the molecule is COc1ccc(/C=C/C(=O)c2ccccc2OC(=O)C2CC3C=CC2C3)cc1. The van der Waals surface area contributed by atoms with Crippen LogP contribution >= 0.6 is 0 Å². The van der Waals surface area contributed by atoms with Crippen LogP contribution in [0.5, 0.6) is 11.5 Å². The van der Waals surface area contributed by atoms with Crippen LogP contribution in [0.2, 0.25) is 0 Å². The largest absolute Gasteiger partial charge is 0.497 e. The molecule has 28 heavy (non-hydrogen) atoms. The summed E-state index contributed by atoms with van der Waals surface area (Å²) in [7, 11) is 1.61. The van der Waals surface area contributed by atoms with Crippen molar-refractivity contribution in [1.29, 1.82) is 0 Å². The summed E-state index contributed by atoms with van der Waals surface area (Å²) in [5.41, 5.74) is 1.27. The molecule has 0 saturated heterocycles. The van der Waals surface area contributed by atoms with Crippen LogP contribution in [0, 0.1) is 17.8 Å². The minimum Gasteiger partial charge on any atom is -0.497 e. The van der Waals surface area contributed by atoms with Crippen molar-refractivity contribution in [2.75, 3.05) is 7.11 Å². The molecule has 1 saturated carbocycles. The molecule has 142 valence electrons. The first kappa shape index (κ1) is 18.2. The quantitative estimate of drug-likeness (QED) is 0.242. The summed E-state index contributed by atoms with van der Waals surface area (Å²) in [5.74, 6) is 1.30. The van der Waals surface area contributed by atoms with Gasteiger partial charge in [0.2, 0.25) is 0 Å². The lowest BCUT2D eigenvalue weighted by Gasteiger charge is -2.17. The molecular formula is C24H22O4. The van der Waals surface area contributed by atoms with Crippen molar-refractivity contribution in [2.45, 2.75) is 12.8 Å². The van der Waals surface area contributed by atoms with Gasteiger partial charge < -0.3 is 9.47 Å². The monoisotopic (exact) mass is 374 g/mol. The van der Waals surface area contributed by atoms with Gasteiger partial charge in [-0.25, -0.2) is 0 Å². The van der Waals surface area contributed by atoms with Crippen LogP contribution in [-0.2, 0) is 4.79 Å². The molecular weight excluding hydrogens is 352 g/mol. The highest BCUT2D eigenvalue weighted by Gasteiger charge is 2.41. The predicted octanol–water partition coefficient (Wildman–Crippen LogP) is 4.71. The molecule has 2 aromatic rings. The number of carbonyl (C=O) groups is 2. The lowest BCUT2D eigenvalue weighted by atomic mass is 9.94. The van der Waals surface area contributed by atoms with E-state index in [2.05, 4.69) is 12.2 Å². The summed E-state index contributed by atoms with van der Waals surface area (Å²) < 4.78 is 10.8. The van der Waals surface area contributed by atoms with Gasteiger partial charge in [0.15, 0.2) is 5.78 Å². The normalized spacial score (nSPS) is 22.5. The first-order chi connectivity index (χ1) is 13.6. The number of allylic oxidation sites excluding steroid dienone is 3. The van der Waals surface area contributed by atoms with E-state index < -0.39 is 0 Å². The van der Waals surface area contributed by atoms with Gasteiger partial charge in [-0.2, -0.15) is 0 Å². The van der Waals surface area contributed by atoms with Gasteiger partial charge >= 0.3 is 5.97 Å². The highest BCUT2D eigenvalue weighted by molar-refractivity contribution is 6.09. The zero-order chi connectivity index (χ0) is 19.5. The summed E-state index contributed by atoms with van der Waals surface area (Å²) in [5, 5.41) is 0. The molecule has 0 aromatic heterocycles. The van der Waals surface area contributed by atoms with Gasteiger partial charge in [0, 0.05) is 0 Å². The van der Waals surface area contributed by atoms with Gasteiger partial charge in [-0.15, -0.1) is 0 Å². The average molecular weight is 374 g/mol. The van der Waals surface area contributed by atoms with Crippen LogP contribution in [0.3, 0.4) is 0 Å². The second-order valence-electron chi connectivity index (χ2n) is 7.27. The highest BCUT2D eigenvalue weighted by atomic mass is 16.5. The number of benzene rings is 2. The Morgan fingerprint density at radius 2 is 1.79 bits per heavy atom. The smallest absolute Gasteiger partial charge is 0.314 e. The van der Waals surface area contributed by atoms with Gasteiger partial charge in [-0.1, -0.05) is 42.5 Å². The fourth-order valence-electron chi connectivity index (χ4n) is 3.97. The van der Waals surface area contributed by atoms with Crippen molar-refractivity contribution < 1.29 is 19.1 Å². The molecule has 2 aromatic carbocycles. The van der Waals surface area contributed by atoms with Crippen LogP contribution in [0.15, 0.2) is 66.8 Å². The van der Waals surface area contributed by atoms with E-state index in [1.165, 1.54) is 6.08 Å². The number of carbonyl (C=O) groups excluding carboxylic acids is 2. The Morgan fingerprint density at radius 1 is 1.00 bits per heavy atom. The van der Waals surface area contributed by atoms with E-state index in [4.69, 9.17) is 9.47 Å². The Morgan fingerprint density at radius 3 is 2.46 bits per heavy atom. The lowest BCUT2D eigenvalue weighted by Crippen LogP contribution is -2.24. The lowest BCUT2D eigenvalue weighted by molar-refractivity contribution is -0.139. The zero-order valence-electron chi connectivity index (χ0n) is 15.7. The van der Waals surface area contributed by atoms with E-state index in [0.29, 0.717) is 17.2 Å². The number of ether oxygens (including phenoxy) is 2. The van der Waals surface area contributed by atoms with Crippen LogP contribution in [0.4, 0.5) is 0 Å². The van der Waals surface area contributed by atoms with Crippen molar-refractivity contribution in [3.8, 4) is 11.5 Å². The number of hydrogen-bond acceptors (Lipinski definition) is 4. The maximum Gasteiger partial charge on any atom is 0.314 e.